The topological polar surface area (TPSA) is 116 Å². The summed E-state index contributed by atoms with van der Waals surface area (Å²) in [5.41, 5.74) is 9.89. The summed E-state index contributed by atoms with van der Waals surface area (Å²) in [7, 11) is 1.73. The highest BCUT2D eigenvalue weighted by atomic mass is 16.1. The van der Waals surface area contributed by atoms with E-state index < -0.39 is 0 Å². The molecular weight excluding hydrogens is 416 g/mol. The first-order chi connectivity index (χ1) is 16.0. The van der Waals surface area contributed by atoms with Gasteiger partial charge in [0.15, 0.2) is 11.6 Å². The van der Waals surface area contributed by atoms with E-state index in [0.717, 1.165) is 55.2 Å². The number of pyridine rings is 1. The summed E-state index contributed by atoms with van der Waals surface area (Å²) in [4.78, 5) is 17.2. The van der Waals surface area contributed by atoms with Crippen molar-refractivity contribution in [2.24, 2.45) is 7.05 Å². The van der Waals surface area contributed by atoms with Crippen LogP contribution in [0.15, 0.2) is 47.4 Å². The zero-order valence-electron chi connectivity index (χ0n) is 19.0. The van der Waals surface area contributed by atoms with Crippen LogP contribution in [0.4, 0.5) is 23.0 Å². The van der Waals surface area contributed by atoms with Gasteiger partial charge in [-0.15, -0.1) is 10.2 Å². The predicted molar refractivity (Wildman–Crippen MR) is 130 cm³/mol. The van der Waals surface area contributed by atoms with Gasteiger partial charge in [-0.2, -0.15) is 5.26 Å². The van der Waals surface area contributed by atoms with Crippen molar-refractivity contribution in [3.63, 3.8) is 0 Å². The summed E-state index contributed by atoms with van der Waals surface area (Å²) in [5, 5.41) is 20.5. The number of anilines is 4. The molecule has 3 heterocycles. The van der Waals surface area contributed by atoms with E-state index in [4.69, 9.17) is 11.0 Å². The van der Waals surface area contributed by atoms with Gasteiger partial charge in [-0.3, -0.25) is 9.69 Å². The molecule has 3 N–H and O–H groups in total. The van der Waals surface area contributed by atoms with Crippen molar-refractivity contribution in [3.05, 3.63) is 58.5 Å². The molecule has 1 saturated heterocycles. The van der Waals surface area contributed by atoms with Crippen LogP contribution in [0.1, 0.15) is 12.0 Å². The number of hydrogen-bond donors (Lipinski definition) is 2. The monoisotopic (exact) mass is 444 g/mol. The molecule has 0 atom stereocenters. The second-order valence-corrected chi connectivity index (χ2v) is 8.22. The fourth-order valence-electron chi connectivity index (χ4n) is 4.02. The van der Waals surface area contributed by atoms with Gasteiger partial charge in [-0.1, -0.05) is 12.1 Å². The summed E-state index contributed by atoms with van der Waals surface area (Å²) in [6.07, 6.45) is 2.36. The van der Waals surface area contributed by atoms with E-state index in [1.807, 2.05) is 43.3 Å². The van der Waals surface area contributed by atoms with E-state index >= 15 is 0 Å². The van der Waals surface area contributed by atoms with Crippen molar-refractivity contribution in [1.82, 2.24) is 19.7 Å². The van der Waals surface area contributed by atoms with Crippen LogP contribution in [0.5, 0.6) is 0 Å². The molecule has 0 aliphatic carbocycles. The molecule has 0 bridgehead atoms. The van der Waals surface area contributed by atoms with Gasteiger partial charge in [-0.25, -0.2) is 0 Å². The maximum Gasteiger partial charge on any atom is 0.274 e. The Hall–Kier alpha value is -3.90. The van der Waals surface area contributed by atoms with Gasteiger partial charge in [-0.05, 0) is 42.3 Å². The smallest absolute Gasteiger partial charge is 0.274 e. The van der Waals surface area contributed by atoms with E-state index in [-0.39, 0.29) is 5.56 Å². The standard InChI is InChI=1S/C24H28N8O/c1-17-19(5-3-6-20(17)26)18-15-21(24(33)30(2)16-18)27-22-7-8-23(29-28-22)32-13-11-31(12-14-32)10-4-9-25/h3,5-8,15-16H,4,10-14,26H2,1-2H3,(H,27,28). The number of hydrogen-bond acceptors (Lipinski definition) is 8. The van der Waals surface area contributed by atoms with Crippen LogP contribution in [0.25, 0.3) is 11.1 Å². The Labute approximate surface area is 193 Å². The number of rotatable bonds is 6. The number of aryl methyl sites for hydroxylation is 1. The third-order valence-corrected chi connectivity index (χ3v) is 6.02. The Bertz CT molecular complexity index is 1220. The number of nitriles is 1. The van der Waals surface area contributed by atoms with Crippen molar-refractivity contribution < 1.29 is 0 Å². The van der Waals surface area contributed by atoms with Gasteiger partial charge in [0.05, 0.1) is 6.07 Å². The molecule has 33 heavy (non-hydrogen) atoms. The molecule has 0 spiro atoms. The zero-order chi connectivity index (χ0) is 23.4. The SMILES string of the molecule is Cc1c(N)cccc1-c1cc(Nc2ccc(N3CCN(CCC#N)CC3)nn2)c(=O)n(C)c1. The molecule has 1 aliphatic rings. The normalized spacial score (nSPS) is 14.2. The van der Waals surface area contributed by atoms with Gasteiger partial charge in [0.25, 0.3) is 5.56 Å². The Morgan fingerprint density at radius 3 is 2.64 bits per heavy atom. The van der Waals surface area contributed by atoms with Crippen LogP contribution < -0.4 is 21.5 Å². The van der Waals surface area contributed by atoms with Crippen LogP contribution in [0.3, 0.4) is 0 Å². The lowest BCUT2D eigenvalue weighted by atomic mass is 10.0. The number of piperazine rings is 1. The molecule has 3 aromatic rings. The fraction of sp³-hybridized carbons (Fsp3) is 0.333. The second kappa shape index (κ2) is 9.71. The van der Waals surface area contributed by atoms with Crippen molar-refractivity contribution >= 4 is 23.0 Å². The van der Waals surface area contributed by atoms with Crippen molar-refractivity contribution in [1.29, 1.82) is 5.26 Å². The van der Waals surface area contributed by atoms with E-state index in [0.29, 0.717) is 23.6 Å². The minimum atomic E-state index is -0.153. The lowest BCUT2D eigenvalue weighted by molar-refractivity contribution is 0.263. The summed E-state index contributed by atoms with van der Waals surface area (Å²) in [6.45, 7) is 6.26. The van der Waals surface area contributed by atoms with E-state index in [9.17, 15) is 4.79 Å². The van der Waals surface area contributed by atoms with Crippen LogP contribution in [-0.4, -0.2) is 52.4 Å². The van der Waals surface area contributed by atoms with Crippen molar-refractivity contribution in [2.45, 2.75) is 13.3 Å². The molecule has 1 aliphatic heterocycles. The molecule has 0 radical (unpaired) electrons. The highest BCUT2D eigenvalue weighted by molar-refractivity contribution is 5.75. The molecule has 9 heteroatoms. The minimum absolute atomic E-state index is 0.153. The largest absolute Gasteiger partial charge is 0.398 e. The number of aromatic nitrogens is 3. The van der Waals surface area contributed by atoms with Gasteiger partial charge < -0.3 is 20.5 Å². The average Bonchev–Trinajstić information content (AvgIpc) is 2.83. The number of nitrogen functional groups attached to an aromatic ring is 1. The lowest BCUT2D eigenvalue weighted by Crippen LogP contribution is -2.46. The number of benzene rings is 1. The Morgan fingerprint density at radius 1 is 1.15 bits per heavy atom. The predicted octanol–water partition coefficient (Wildman–Crippen LogP) is 2.51. The summed E-state index contributed by atoms with van der Waals surface area (Å²) >= 11 is 0. The first-order valence-corrected chi connectivity index (χ1v) is 11.0. The van der Waals surface area contributed by atoms with Crippen molar-refractivity contribution in [3.8, 4) is 17.2 Å². The third kappa shape index (κ3) is 4.96. The first-order valence-electron chi connectivity index (χ1n) is 11.0. The van der Waals surface area contributed by atoms with E-state index in [2.05, 4.69) is 31.4 Å². The molecule has 9 nitrogen and oxygen atoms in total. The molecule has 170 valence electrons. The quantitative estimate of drug-likeness (QED) is 0.557. The van der Waals surface area contributed by atoms with E-state index in [1.165, 1.54) is 0 Å². The highest BCUT2D eigenvalue weighted by Gasteiger charge is 2.18. The van der Waals surface area contributed by atoms with Crippen LogP contribution in [0.2, 0.25) is 0 Å². The highest BCUT2D eigenvalue weighted by Crippen LogP contribution is 2.28. The minimum Gasteiger partial charge on any atom is -0.398 e. The average molecular weight is 445 g/mol. The fourth-order valence-corrected chi connectivity index (χ4v) is 4.02. The van der Waals surface area contributed by atoms with Crippen LogP contribution in [-0.2, 0) is 7.05 Å². The van der Waals surface area contributed by atoms with Gasteiger partial charge in [0, 0.05) is 63.6 Å². The van der Waals surface area contributed by atoms with Crippen LogP contribution >= 0.6 is 0 Å². The Balaban J connectivity index is 1.49. The molecule has 1 aromatic carbocycles. The molecule has 1 fully saturated rings. The maximum absolute atomic E-state index is 12.7. The summed E-state index contributed by atoms with van der Waals surface area (Å²) < 4.78 is 1.55. The lowest BCUT2D eigenvalue weighted by Gasteiger charge is -2.34. The maximum atomic E-state index is 12.7. The van der Waals surface area contributed by atoms with Gasteiger partial charge in [0.1, 0.15) is 5.69 Å². The van der Waals surface area contributed by atoms with Crippen LogP contribution in [0, 0.1) is 18.3 Å². The molecule has 2 aromatic heterocycles. The van der Waals surface area contributed by atoms with Crippen molar-refractivity contribution in [2.75, 3.05) is 48.7 Å². The molecule has 4 rings (SSSR count). The summed E-state index contributed by atoms with van der Waals surface area (Å²) in [5.74, 6) is 1.31. The zero-order valence-corrected chi connectivity index (χ0v) is 19.0. The second-order valence-electron chi connectivity index (χ2n) is 8.22. The number of nitrogens with zero attached hydrogens (tertiary/aromatic N) is 6. The molecule has 0 unspecified atom stereocenters. The molecule has 0 saturated carbocycles. The molecular formula is C24H28N8O. The Kier molecular flexibility index (Phi) is 6.56. The first kappa shape index (κ1) is 22.3. The number of nitrogens with two attached hydrogens (primary N) is 1. The summed E-state index contributed by atoms with van der Waals surface area (Å²) in [6, 6.07) is 13.5. The van der Waals surface area contributed by atoms with E-state index in [1.54, 1.807) is 17.8 Å². The number of nitrogens with one attached hydrogen (secondary N) is 1. The van der Waals surface area contributed by atoms with Gasteiger partial charge in [0.2, 0.25) is 0 Å². The van der Waals surface area contributed by atoms with Gasteiger partial charge >= 0.3 is 0 Å². The third-order valence-electron chi connectivity index (χ3n) is 6.02. The Morgan fingerprint density at radius 2 is 1.94 bits per heavy atom. The molecule has 0 amide bonds.